The van der Waals surface area contributed by atoms with Gasteiger partial charge in [0.25, 0.3) is 0 Å². The van der Waals surface area contributed by atoms with Gasteiger partial charge in [-0.15, -0.1) is 0 Å². The monoisotopic (exact) mass is 281 g/mol. The Balaban J connectivity index is 1.99. The second kappa shape index (κ2) is 6.76. The van der Waals surface area contributed by atoms with E-state index in [2.05, 4.69) is 49.9 Å². The highest BCUT2D eigenvalue weighted by molar-refractivity contribution is 4.95. The van der Waals surface area contributed by atoms with Crippen LogP contribution in [0.2, 0.25) is 0 Å². The van der Waals surface area contributed by atoms with E-state index in [1.165, 1.54) is 45.4 Å². The lowest BCUT2D eigenvalue weighted by Crippen LogP contribution is -2.57. The van der Waals surface area contributed by atoms with Crippen molar-refractivity contribution in [3.63, 3.8) is 0 Å². The minimum Gasteiger partial charge on any atom is -0.313 e. The fourth-order valence-electron chi connectivity index (χ4n) is 4.39. The molecule has 118 valence electrons. The summed E-state index contributed by atoms with van der Waals surface area (Å²) in [4.78, 5) is 5.20. The van der Waals surface area contributed by atoms with Gasteiger partial charge in [0.15, 0.2) is 0 Å². The summed E-state index contributed by atoms with van der Waals surface area (Å²) in [6, 6.07) is 1.40. The van der Waals surface area contributed by atoms with Crippen molar-refractivity contribution in [2.75, 3.05) is 39.8 Å². The van der Waals surface area contributed by atoms with E-state index in [9.17, 15) is 0 Å². The van der Waals surface area contributed by atoms with Gasteiger partial charge in [-0.2, -0.15) is 0 Å². The number of nitrogens with zero attached hydrogens (tertiary/aromatic N) is 2. The van der Waals surface area contributed by atoms with E-state index in [0.29, 0.717) is 17.5 Å². The van der Waals surface area contributed by atoms with Gasteiger partial charge in [0.1, 0.15) is 0 Å². The second-order valence-electron chi connectivity index (χ2n) is 7.78. The Morgan fingerprint density at radius 3 is 2.65 bits per heavy atom. The largest absolute Gasteiger partial charge is 0.313 e. The van der Waals surface area contributed by atoms with Gasteiger partial charge >= 0.3 is 0 Å². The summed E-state index contributed by atoms with van der Waals surface area (Å²) in [5.74, 6) is 0.824. The van der Waals surface area contributed by atoms with Crippen LogP contribution in [0, 0.1) is 11.3 Å². The molecule has 1 saturated heterocycles. The molecule has 0 aromatic rings. The molecule has 0 aromatic carbocycles. The summed E-state index contributed by atoms with van der Waals surface area (Å²) < 4.78 is 0. The van der Waals surface area contributed by atoms with Crippen LogP contribution < -0.4 is 5.32 Å². The zero-order valence-electron chi connectivity index (χ0n) is 14.3. The average Bonchev–Trinajstić information content (AvgIpc) is 2.36. The molecule has 3 nitrogen and oxygen atoms in total. The van der Waals surface area contributed by atoms with Crippen LogP contribution in [0.1, 0.15) is 47.0 Å². The predicted molar refractivity (Wildman–Crippen MR) is 87.1 cm³/mol. The normalized spacial score (nSPS) is 36.1. The molecule has 1 N–H and O–H groups in total. The number of rotatable bonds is 4. The Kier molecular flexibility index (Phi) is 5.49. The van der Waals surface area contributed by atoms with Gasteiger partial charge in [0, 0.05) is 38.3 Å². The molecule has 1 saturated carbocycles. The summed E-state index contributed by atoms with van der Waals surface area (Å²) in [5.41, 5.74) is 0.453. The molecule has 3 atom stereocenters. The van der Waals surface area contributed by atoms with E-state index in [-0.39, 0.29) is 0 Å². The molecule has 1 heterocycles. The number of piperazine rings is 1. The van der Waals surface area contributed by atoms with E-state index in [4.69, 9.17) is 0 Å². The average molecular weight is 281 g/mol. The van der Waals surface area contributed by atoms with Crippen molar-refractivity contribution in [3.8, 4) is 0 Å². The van der Waals surface area contributed by atoms with Crippen LogP contribution in [0.4, 0.5) is 0 Å². The Morgan fingerprint density at radius 2 is 2.00 bits per heavy atom. The van der Waals surface area contributed by atoms with Crippen molar-refractivity contribution in [2.24, 2.45) is 11.3 Å². The van der Waals surface area contributed by atoms with E-state index in [1.54, 1.807) is 0 Å². The number of hydrogen-bond acceptors (Lipinski definition) is 3. The minimum absolute atomic E-state index is 0.453. The fraction of sp³-hybridized carbons (Fsp3) is 1.00. The molecular weight excluding hydrogens is 246 g/mol. The van der Waals surface area contributed by atoms with Gasteiger partial charge in [-0.1, -0.05) is 27.2 Å². The summed E-state index contributed by atoms with van der Waals surface area (Å²) in [7, 11) is 2.25. The maximum Gasteiger partial charge on any atom is 0.0195 e. The molecule has 0 spiro atoms. The van der Waals surface area contributed by atoms with Crippen molar-refractivity contribution in [1.29, 1.82) is 0 Å². The summed E-state index contributed by atoms with van der Waals surface area (Å²) in [5, 5.41) is 3.80. The Labute approximate surface area is 126 Å². The minimum atomic E-state index is 0.453. The molecule has 2 rings (SSSR count). The smallest absolute Gasteiger partial charge is 0.0195 e. The molecule has 1 aliphatic carbocycles. The van der Waals surface area contributed by atoms with Crippen LogP contribution in [0.15, 0.2) is 0 Å². The first-order valence-corrected chi connectivity index (χ1v) is 8.60. The maximum atomic E-state index is 3.80. The third-order valence-electron chi connectivity index (χ3n) is 5.57. The maximum absolute atomic E-state index is 3.80. The second-order valence-corrected chi connectivity index (χ2v) is 7.78. The molecule has 2 fully saturated rings. The molecule has 3 heteroatoms. The molecule has 3 unspecified atom stereocenters. The van der Waals surface area contributed by atoms with Crippen molar-refractivity contribution >= 4 is 0 Å². The van der Waals surface area contributed by atoms with E-state index < -0.39 is 0 Å². The van der Waals surface area contributed by atoms with E-state index in [0.717, 1.165) is 12.5 Å². The highest BCUT2D eigenvalue weighted by Crippen LogP contribution is 2.39. The van der Waals surface area contributed by atoms with Crippen molar-refractivity contribution in [2.45, 2.75) is 59.0 Å². The lowest BCUT2D eigenvalue weighted by Gasteiger charge is -2.48. The zero-order valence-corrected chi connectivity index (χ0v) is 14.3. The Morgan fingerprint density at radius 1 is 1.25 bits per heavy atom. The Hall–Kier alpha value is -0.120. The standard InChI is InChI=1S/C17H35N3/c1-6-18-16-15(8-7-9-17(16,3)4)13-20-11-10-19(5)12-14(20)2/h14-16,18H,6-13H2,1-5H3. The molecule has 0 bridgehead atoms. The summed E-state index contributed by atoms with van der Waals surface area (Å²) in [6.07, 6.45) is 4.18. The first-order chi connectivity index (χ1) is 9.44. The van der Waals surface area contributed by atoms with Gasteiger partial charge in [0.05, 0.1) is 0 Å². The van der Waals surface area contributed by atoms with Gasteiger partial charge < -0.3 is 10.2 Å². The van der Waals surface area contributed by atoms with Crippen LogP contribution >= 0.6 is 0 Å². The predicted octanol–water partition coefficient (Wildman–Crippen LogP) is 2.43. The van der Waals surface area contributed by atoms with Gasteiger partial charge in [-0.3, -0.25) is 4.90 Å². The van der Waals surface area contributed by atoms with Crippen molar-refractivity contribution < 1.29 is 0 Å². The molecule has 1 aliphatic heterocycles. The third kappa shape index (κ3) is 3.75. The molecule has 0 aromatic heterocycles. The first-order valence-electron chi connectivity index (χ1n) is 8.60. The van der Waals surface area contributed by atoms with Gasteiger partial charge in [-0.25, -0.2) is 0 Å². The van der Waals surface area contributed by atoms with Crippen LogP contribution in [-0.4, -0.2) is 61.7 Å². The van der Waals surface area contributed by atoms with Crippen LogP contribution in [0.3, 0.4) is 0 Å². The Bertz CT molecular complexity index is 303. The summed E-state index contributed by atoms with van der Waals surface area (Å²) >= 11 is 0. The highest BCUT2D eigenvalue weighted by Gasteiger charge is 2.39. The van der Waals surface area contributed by atoms with Crippen molar-refractivity contribution in [1.82, 2.24) is 15.1 Å². The lowest BCUT2D eigenvalue weighted by atomic mass is 9.67. The number of likely N-dealkylation sites (N-methyl/N-ethyl adjacent to an activating group) is 1. The van der Waals surface area contributed by atoms with E-state index in [1.807, 2.05) is 0 Å². The first kappa shape index (κ1) is 16.3. The van der Waals surface area contributed by atoms with Crippen LogP contribution in [0.25, 0.3) is 0 Å². The number of nitrogens with one attached hydrogen (secondary N) is 1. The molecule has 0 radical (unpaired) electrons. The lowest BCUT2D eigenvalue weighted by molar-refractivity contribution is 0.0393. The molecule has 2 aliphatic rings. The SMILES string of the molecule is CCNC1C(CN2CCN(C)CC2C)CCCC1(C)C. The van der Waals surface area contributed by atoms with Crippen LogP contribution in [-0.2, 0) is 0 Å². The molecular formula is C17H35N3. The molecule has 20 heavy (non-hydrogen) atoms. The van der Waals surface area contributed by atoms with Crippen LogP contribution in [0.5, 0.6) is 0 Å². The fourth-order valence-corrected chi connectivity index (χ4v) is 4.39. The highest BCUT2D eigenvalue weighted by atomic mass is 15.3. The topological polar surface area (TPSA) is 18.5 Å². The quantitative estimate of drug-likeness (QED) is 0.854. The van der Waals surface area contributed by atoms with Crippen molar-refractivity contribution in [3.05, 3.63) is 0 Å². The number of hydrogen-bond donors (Lipinski definition) is 1. The van der Waals surface area contributed by atoms with E-state index >= 15 is 0 Å². The zero-order chi connectivity index (χ0) is 14.8. The van der Waals surface area contributed by atoms with Gasteiger partial charge in [0.2, 0.25) is 0 Å². The summed E-state index contributed by atoms with van der Waals surface area (Å²) in [6.45, 7) is 15.6. The third-order valence-corrected chi connectivity index (χ3v) is 5.57. The van der Waals surface area contributed by atoms with Gasteiger partial charge in [-0.05, 0) is 44.7 Å². The molecule has 0 amide bonds.